The molecule has 1 unspecified atom stereocenters. The lowest BCUT2D eigenvalue weighted by molar-refractivity contribution is 0.265. The van der Waals surface area contributed by atoms with Gasteiger partial charge in [-0.2, -0.15) is 0 Å². The van der Waals surface area contributed by atoms with Crippen LogP contribution in [0.3, 0.4) is 0 Å². The number of hydrogen-bond donors (Lipinski definition) is 4. The Morgan fingerprint density at radius 2 is 1.72 bits per heavy atom. The topological polar surface area (TPSA) is 103 Å². The van der Waals surface area contributed by atoms with Crippen LogP contribution in [0.25, 0.3) is 0 Å². The van der Waals surface area contributed by atoms with Crippen LogP contribution in [-0.2, 0) is 16.6 Å². The van der Waals surface area contributed by atoms with Crippen LogP contribution in [0.5, 0.6) is 0 Å². The number of guanidine groups is 1. The van der Waals surface area contributed by atoms with Gasteiger partial charge in [0.1, 0.15) is 0 Å². The van der Waals surface area contributed by atoms with E-state index < -0.39 is 10.0 Å². The first-order valence-corrected chi connectivity index (χ1v) is 10.7. The van der Waals surface area contributed by atoms with E-state index in [1.165, 1.54) is 7.05 Å². The van der Waals surface area contributed by atoms with E-state index in [1.54, 1.807) is 24.3 Å². The van der Waals surface area contributed by atoms with Crippen LogP contribution >= 0.6 is 24.0 Å². The smallest absolute Gasteiger partial charge is 0.240 e. The molecular formula is C20H29IN4O3S. The molecule has 29 heavy (non-hydrogen) atoms. The monoisotopic (exact) mass is 532 g/mol. The molecular weight excluding hydrogens is 503 g/mol. The molecule has 1 atom stereocenters. The molecule has 0 aliphatic heterocycles. The van der Waals surface area contributed by atoms with Crippen LogP contribution in [0.1, 0.15) is 24.0 Å². The van der Waals surface area contributed by atoms with E-state index in [0.29, 0.717) is 25.6 Å². The maximum Gasteiger partial charge on any atom is 0.240 e. The average molecular weight is 532 g/mol. The highest BCUT2D eigenvalue weighted by Gasteiger charge is 2.12. The Kier molecular flexibility index (Phi) is 11.2. The standard InChI is InChI=1S/C20H28N4O3S.HI/c1-3-22-20(24-14-18(15-25)17-7-5-4-6-8-17)23-13-16-9-11-19(12-10-16)28(26,27)21-2;/h4-12,18,21,25H,3,13-15H2,1-2H3,(H2,22,23,24);1H. The summed E-state index contributed by atoms with van der Waals surface area (Å²) >= 11 is 0. The molecule has 0 amide bonds. The lowest BCUT2D eigenvalue weighted by atomic mass is 10.0. The zero-order chi connectivity index (χ0) is 20.4. The first-order chi connectivity index (χ1) is 13.5. The Hall–Kier alpha value is -1.69. The molecule has 0 aromatic heterocycles. The minimum atomic E-state index is -3.44. The number of aliphatic imine (C=N–C) groups is 1. The Morgan fingerprint density at radius 1 is 1.07 bits per heavy atom. The number of nitrogens with one attached hydrogen (secondary N) is 3. The van der Waals surface area contributed by atoms with Gasteiger partial charge in [-0.3, -0.25) is 0 Å². The summed E-state index contributed by atoms with van der Waals surface area (Å²) in [6, 6.07) is 16.5. The normalized spacial score (nSPS) is 12.7. The third kappa shape index (κ3) is 7.92. The summed E-state index contributed by atoms with van der Waals surface area (Å²) in [7, 11) is -2.05. The fourth-order valence-corrected chi connectivity index (χ4v) is 3.37. The Morgan fingerprint density at radius 3 is 2.28 bits per heavy atom. The molecule has 2 rings (SSSR count). The molecule has 4 N–H and O–H groups in total. The van der Waals surface area contributed by atoms with Gasteiger partial charge in [0, 0.05) is 19.0 Å². The number of sulfonamides is 1. The van der Waals surface area contributed by atoms with E-state index >= 15 is 0 Å². The van der Waals surface area contributed by atoms with Crippen molar-refractivity contribution in [1.82, 2.24) is 15.4 Å². The number of aliphatic hydroxyl groups excluding tert-OH is 1. The predicted octanol–water partition coefficient (Wildman–Crippen LogP) is 2.04. The number of aliphatic hydroxyl groups is 1. The number of nitrogens with zero attached hydrogens (tertiary/aromatic N) is 1. The van der Waals surface area contributed by atoms with Crippen molar-refractivity contribution >= 4 is 40.0 Å². The zero-order valence-electron chi connectivity index (χ0n) is 16.6. The number of halogens is 1. The van der Waals surface area contributed by atoms with E-state index in [4.69, 9.17) is 0 Å². The van der Waals surface area contributed by atoms with Crippen LogP contribution < -0.4 is 15.4 Å². The quantitative estimate of drug-likeness (QED) is 0.225. The van der Waals surface area contributed by atoms with E-state index in [-0.39, 0.29) is 41.4 Å². The van der Waals surface area contributed by atoms with Crippen molar-refractivity contribution in [2.75, 3.05) is 26.7 Å². The van der Waals surface area contributed by atoms with Gasteiger partial charge in [-0.15, -0.1) is 24.0 Å². The summed E-state index contributed by atoms with van der Waals surface area (Å²) in [5.41, 5.74) is 1.96. The molecule has 9 heteroatoms. The number of benzene rings is 2. The van der Waals surface area contributed by atoms with Gasteiger partial charge in [0.25, 0.3) is 0 Å². The Balaban J connectivity index is 0.00000420. The molecule has 0 aliphatic rings. The van der Waals surface area contributed by atoms with Crippen molar-refractivity contribution in [3.63, 3.8) is 0 Å². The molecule has 7 nitrogen and oxygen atoms in total. The van der Waals surface area contributed by atoms with Gasteiger partial charge in [0.05, 0.1) is 18.0 Å². The second-order valence-corrected chi connectivity index (χ2v) is 8.10. The van der Waals surface area contributed by atoms with E-state index in [1.807, 2.05) is 37.3 Å². The molecule has 0 aliphatic carbocycles. The summed E-state index contributed by atoms with van der Waals surface area (Å²) in [5.74, 6) is 0.611. The average Bonchev–Trinajstić information content (AvgIpc) is 2.73. The van der Waals surface area contributed by atoms with Gasteiger partial charge < -0.3 is 15.7 Å². The lowest BCUT2D eigenvalue weighted by Gasteiger charge is -2.18. The van der Waals surface area contributed by atoms with Crippen molar-refractivity contribution in [3.05, 3.63) is 65.7 Å². The van der Waals surface area contributed by atoms with Crippen LogP contribution in [0.4, 0.5) is 0 Å². The molecule has 160 valence electrons. The predicted molar refractivity (Wildman–Crippen MR) is 127 cm³/mol. The van der Waals surface area contributed by atoms with Crippen LogP contribution in [0, 0.1) is 0 Å². The van der Waals surface area contributed by atoms with E-state index in [9.17, 15) is 13.5 Å². The largest absolute Gasteiger partial charge is 0.396 e. The lowest BCUT2D eigenvalue weighted by Crippen LogP contribution is -2.39. The fraction of sp³-hybridized carbons (Fsp3) is 0.350. The molecule has 0 spiro atoms. The second-order valence-electron chi connectivity index (χ2n) is 6.22. The summed E-state index contributed by atoms with van der Waals surface area (Å²) in [4.78, 5) is 4.77. The molecule has 0 saturated heterocycles. The van der Waals surface area contributed by atoms with Gasteiger partial charge in [-0.1, -0.05) is 42.5 Å². The van der Waals surface area contributed by atoms with Crippen molar-refractivity contribution in [3.8, 4) is 0 Å². The van der Waals surface area contributed by atoms with Crippen molar-refractivity contribution in [1.29, 1.82) is 0 Å². The summed E-state index contributed by atoms with van der Waals surface area (Å²) < 4.78 is 25.9. The highest BCUT2D eigenvalue weighted by atomic mass is 127. The third-order valence-electron chi connectivity index (χ3n) is 4.27. The Bertz CT molecular complexity index is 859. The van der Waals surface area contributed by atoms with E-state index in [2.05, 4.69) is 20.3 Å². The van der Waals surface area contributed by atoms with Crippen molar-refractivity contribution in [2.45, 2.75) is 24.3 Å². The minimum Gasteiger partial charge on any atom is -0.396 e. The fourth-order valence-electron chi connectivity index (χ4n) is 2.64. The van der Waals surface area contributed by atoms with Gasteiger partial charge in [0.2, 0.25) is 10.0 Å². The molecule has 0 radical (unpaired) electrons. The summed E-state index contributed by atoms with van der Waals surface area (Å²) in [5, 5.41) is 16.1. The van der Waals surface area contributed by atoms with Gasteiger partial charge in [0.15, 0.2) is 5.96 Å². The van der Waals surface area contributed by atoms with Crippen LogP contribution in [-0.4, -0.2) is 46.2 Å². The minimum absolute atomic E-state index is 0. The highest BCUT2D eigenvalue weighted by Crippen LogP contribution is 2.14. The summed E-state index contributed by atoms with van der Waals surface area (Å²) in [6.07, 6.45) is 0. The maximum absolute atomic E-state index is 11.8. The van der Waals surface area contributed by atoms with Gasteiger partial charge in [-0.25, -0.2) is 18.1 Å². The van der Waals surface area contributed by atoms with E-state index in [0.717, 1.165) is 11.1 Å². The first-order valence-electron chi connectivity index (χ1n) is 9.20. The SMILES string of the molecule is CCNC(=NCc1ccc(S(=O)(=O)NC)cc1)NCC(CO)c1ccccc1.I. The van der Waals surface area contributed by atoms with Crippen LogP contribution in [0.15, 0.2) is 64.5 Å². The molecule has 2 aromatic carbocycles. The Labute approximate surface area is 190 Å². The van der Waals surface area contributed by atoms with Crippen LogP contribution in [0.2, 0.25) is 0 Å². The number of rotatable bonds is 9. The molecule has 0 bridgehead atoms. The first kappa shape index (κ1) is 25.3. The third-order valence-corrected chi connectivity index (χ3v) is 5.70. The van der Waals surface area contributed by atoms with Crippen molar-refractivity contribution < 1.29 is 13.5 Å². The summed E-state index contributed by atoms with van der Waals surface area (Å²) in [6.45, 7) is 3.68. The second kappa shape index (κ2) is 12.8. The highest BCUT2D eigenvalue weighted by molar-refractivity contribution is 14.0. The van der Waals surface area contributed by atoms with Gasteiger partial charge in [-0.05, 0) is 37.2 Å². The van der Waals surface area contributed by atoms with Crippen molar-refractivity contribution in [2.24, 2.45) is 4.99 Å². The maximum atomic E-state index is 11.8. The molecule has 2 aromatic rings. The molecule has 0 heterocycles. The zero-order valence-corrected chi connectivity index (χ0v) is 19.8. The molecule has 0 saturated carbocycles. The number of hydrogen-bond acceptors (Lipinski definition) is 4. The molecule has 0 fully saturated rings. The van der Waals surface area contributed by atoms with Gasteiger partial charge >= 0.3 is 0 Å².